The maximum atomic E-state index is 11.9. The minimum absolute atomic E-state index is 0.0444. The Bertz CT molecular complexity index is 411. The molecule has 1 heterocycles. The van der Waals surface area contributed by atoms with Crippen molar-refractivity contribution in [3.05, 3.63) is 34.3 Å². The lowest BCUT2D eigenvalue weighted by molar-refractivity contribution is 0.0287. The van der Waals surface area contributed by atoms with Gasteiger partial charge in [0.1, 0.15) is 0 Å². The number of carbonyl (C=O) groups excluding carboxylic acids is 1. The summed E-state index contributed by atoms with van der Waals surface area (Å²) in [4.78, 5) is 11.9. The van der Waals surface area contributed by atoms with E-state index >= 15 is 0 Å². The summed E-state index contributed by atoms with van der Waals surface area (Å²) in [6.07, 6.45) is 0.0444. The fourth-order valence-corrected chi connectivity index (χ4v) is 2.22. The van der Waals surface area contributed by atoms with Gasteiger partial charge < -0.3 is 15.4 Å². The highest BCUT2D eigenvalue weighted by atomic mass is 35.5. The number of ether oxygens (including phenoxy) is 1. The zero-order valence-electron chi connectivity index (χ0n) is 10.3. The molecule has 1 unspecified atom stereocenters. The lowest BCUT2D eigenvalue weighted by atomic mass is 10.1. The third-order valence-electron chi connectivity index (χ3n) is 2.80. The minimum Gasteiger partial charge on any atom is -0.374 e. The van der Waals surface area contributed by atoms with Crippen molar-refractivity contribution >= 4 is 17.5 Å². The van der Waals surface area contributed by atoms with Crippen LogP contribution in [0.2, 0.25) is 5.02 Å². The summed E-state index contributed by atoms with van der Waals surface area (Å²) in [5.74, 6) is -0.116. The molecule has 1 aliphatic heterocycles. The molecule has 98 valence electrons. The Morgan fingerprint density at radius 1 is 1.56 bits per heavy atom. The summed E-state index contributed by atoms with van der Waals surface area (Å²) in [6, 6.07) is 5.32. The van der Waals surface area contributed by atoms with E-state index in [1.54, 1.807) is 6.07 Å². The number of nitrogens with one attached hydrogen (secondary N) is 2. The fraction of sp³-hybridized carbons (Fsp3) is 0.462. The van der Waals surface area contributed by atoms with Crippen LogP contribution in [0, 0.1) is 6.92 Å². The van der Waals surface area contributed by atoms with Crippen molar-refractivity contribution in [3.63, 3.8) is 0 Å². The van der Waals surface area contributed by atoms with Crippen molar-refractivity contribution in [2.75, 3.05) is 26.2 Å². The van der Waals surface area contributed by atoms with Gasteiger partial charge in [0.05, 0.1) is 12.7 Å². The van der Waals surface area contributed by atoms with Gasteiger partial charge >= 0.3 is 0 Å². The van der Waals surface area contributed by atoms with Gasteiger partial charge in [-0.15, -0.1) is 0 Å². The number of aryl methyl sites for hydroxylation is 1. The summed E-state index contributed by atoms with van der Waals surface area (Å²) >= 11 is 5.93. The third-order valence-corrected chi connectivity index (χ3v) is 3.02. The summed E-state index contributed by atoms with van der Waals surface area (Å²) in [6.45, 7) is 4.76. The van der Waals surface area contributed by atoms with Crippen LogP contribution < -0.4 is 10.6 Å². The third kappa shape index (κ3) is 3.70. The molecular formula is C13H17ClN2O2. The topological polar surface area (TPSA) is 50.4 Å². The Morgan fingerprint density at radius 2 is 2.39 bits per heavy atom. The van der Waals surface area contributed by atoms with Gasteiger partial charge in [-0.05, 0) is 30.7 Å². The van der Waals surface area contributed by atoms with Crippen molar-refractivity contribution in [1.29, 1.82) is 0 Å². The maximum Gasteiger partial charge on any atom is 0.251 e. The van der Waals surface area contributed by atoms with Crippen LogP contribution in [0.3, 0.4) is 0 Å². The van der Waals surface area contributed by atoms with Crippen LogP contribution in [0.5, 0.6) is 0 Å². The fourth-order valence-electron chi connectivity index (χ4n) is 1.93. The van der Waals surface area contributed by atoms with Gasteiger partial charge in [0.15, 0.2) is 0 Å². The SMILES string of the molecule is Cc1cc(Cl)cc(C(=O)NCC2CNCCO2)c1. The number of rotatable bonds is 3. The molecular weight excluding hydrogens is 252 g/mol. The first-order valence-corrected chi connectivity index (χ1v) is 6.40. The maximum absolute atomic E-state index is 11.9. The summed E-state index contributed by atoms with van der Waals surface area (Å²) in [5.41, 5.74) is 1.56. The van der Waals surface area contributed by atoms with Gasteiger partial charge in [-0.1, -0.05) is 11.6 Å². The molecule has 1 fully saturated rings. The predicted octanol–water partition coefficient (Wildman–Crippen LogP) is 1.37. The molecule has 0 spiro atoms. The van der Waals surface area contributed by atoms with Crippen molar-refractivity contribution in [3.8, 4) is 0 Å². The molecule has 0 saturated carbocycles. The quantitative estimate of drug-likeness (QED) is 0.871. The zero-order valence-corrected chi connectivity index (χ0v) is 11.1. The first kappa shape index (κ1) is 13.3. The first-order valence-electron chi connectivity index (χ1n) is 6.03. The van der Waals surface area contributed by atoms with Crippen LogP contribution in [0.1, 0.15) is 15.9 Å². The summed E-state index contributed by atoms with van der Waals surface area (Å²) in [7, 11) is 0. The number of morpholine rings is 1. The molecule has 2 rings (SSSR count). The molecule has 1 aromatic rings. The summed E-state index contributed by atoms with van der Waals surface area (Å²) in [5, 5.41) is 6.66. The standard InChI is InChI=1S/C13H17ClN2O2/c1-9-4-10(6-11(14)5-9)13(17)16-8-12-7-15-2-3-18-12/h4-6,12,15H,2-3,7-8H2,1H3,(H,16,17). The monoisotopic (exact) mass is 268 g/mol. The Labute approximate surface area is 112 Å². The lowest BCUT2D eigenvalue weighted by Gasteiger charge is -2.23. The minimum atomic E-state index is -0.116. The van der Waals surface area contributed by atoms with Crippen LogP contribution >= 0.6 is 11.6 Å². The van der Waals surface area contributed by atoms with Crippen molar-refractivity contribution in [1.82, 2.24) is 10.6 Å². The van der Waals surface area contributed by atoms with E-state index in [4.69, 9.17) is 16.3 Å². The Hall–Kier alpha value is -1.10. The first-order chi connectivity index (χ1) is 8.65. The average Bonchev–Trinajstić information content (AvgIpc) is 2.36. The van der Waals surface area contributed by atoms with Crippen LogP contribution in [0.15, 0.2) is 18.2 Å². The van der Waals surface area contributed by atoms with Gasteiger partial charge in [0.25, 0.3) is 5.91 Å². The van der Waals surface area contributed by atoms with E-state index in [1.807, 2.05) is 19.1 Å². The highest BCUT2D eigenvalue weighted by Crippen LogP contribution is 2.14. The van der Waals surface area contributed by atoms with Crippen molar-refractivity contribution in [2.45, 2.75) is 13.0 Å². The number of hydrogen-bond acceptors (Lipinski definition) is 3. The Kier molecular flexibility index (Phi) is 4.58. The number of benzene rings is 1. The molecule has 0 radical (unpaired) electrons. The molecule has 18 heavy (non-hydrogen) atoms. The molecule has 0 bridgehead atoms. The molecule has 1 atom stereocenters. The van der Waals surface area contributed by atoms with Gasteiger partial charge in [0.2, 0.25) is 0 Å². The average molecular weight is 269 g/mol. The number of halogens is 1. The van der Waals surface area contributed by atoms with E-state index in [9.17, 15) is 4.79 Å². The van der Waals surface area contributed by atoms with E-state index in [0.29, 0.717) is 23.7 Å². The zero-order chi connectivity index (χ0) is 13.0. The van der Waals surface area contributed by atoms with E-state index < -0.39 is 0 Å². The van der Waals surface area contributed by atoms with Crippen molar-refractivity contribution < 1.29 is 9.53 Å². The second kappa shape index (κ2) is 6.18. The van der Waals surface area contributed by atoms with Gasteiger partial charge in [-0.2, -0.15) is 0 Å². The molecule has 2 N–H and O–H groups in total. The number of carbonyl (C=O) groups is 1. The van der Waals surface area contributed by atoms with E-state index in [-0.39, 0.29) is 12.0 Å². The lowest BCUT2D eigenvalue weighted by Crippen LogP contribution is -2.45. The number of hydrogen-bond donors (Lipinski definition) is 2. The molecule has 1 saturated heterocycles. The van der Waals surface area contributed by atoms with Gasteiger partial charge in [-0.3, -0.25) is 4.79 Å². The van der Waals surface area contributed by atoms with E-state index in [2.05, 4.69) is 10.6 Å². The second-order valence-corrected chi connectivity index (χ2v) is 4.86. The van der Waals surface area contributed by atoms with Gasteiger partial charge in [-0.25, -0.2) is 0 Å². The molecule has 0 aliphatic carbocycles. The van der Waals surface area contributed by atoms with Crippen LogP contribution in [-0.2, 0) is 4.74 Å². The predicted molar refractivity (Wildman–Crippen MR) is 71.1 cm³/mol. The molecule has 1 aromatic carbocycles. The second-order valence-electron chi connectivity index (χ2n) is 4.42. The van der Waals surface area contributed by atoms with Crippen LogP contribution in [0.25, 0.3) is 0 Å². The molecule has 5 heteroatoms. The van der Waals surface area contributed by atoms with Crippen LogP contribution in [-0.4, -0.2) is 38.3 Å². The largest absolute Gasteiger partial charge is 0.374 e. The highest BCUT2D eigenvalue weighted by molar-refractivity contribution is 6.31. The highest BCUT2D eigenvalue weighted by Gasteiger charge is 2.15. The van der Waals surface area contributed by atoms with Crippen LogP contribution in [0.4, 0.5) is 0 Å². The summed E-state index contributed by atoms with van der Waals surface area (Å²) < 4.78 is 5.51. The van der Waals surface area contributed by atoms with E-state index in [0.717, 1.165) is 18.7 Å². The number of amides is 1. The Morgan fingerprint density at radius 3 is 3.06 bits per heavy atom. The normalized spacial score (nSPS) is 19.6. The molecule has 4 nitrogen and oxygen atoms in total. The molecule has 1 amide bonds. The molecule has 1 aliphatic rings. The smallest absolute Gasteiger partial charge is 0.251 e. The van der Waals surface area contributed by atoms with Gasteiger partial charge in [0, 0.05) is 30.2 Å². The van der Waals surface area contributed by atoms with E-state index in [1.165, 1.54) is 0 Å². The molecule has 0 aromatic heterocycles. The van der Waals surface area contributed by atoms with Crippen molar-refractivity contribution in [2.24, 2.45) is 0 Å². The Balaban J connectivity index is 1.90.